The number of benzene rings is 2. The maximum Gasteiger partial charge on any atom is 0.495 e. The molecule has 2 aromatic carbocycles. The Hall–Kier alpha value is -1.91. The molecule has 1 fully saturated rings. The van der Waals surface area contributed by atoms with Gasteiger partial charge in [-0.25, -0.2) is 4.39 Å². The summed E-state index contributed by atoms with van der Waals surface area (Å²) < 4.78 is 26.5. The second-order valence-corrected chi connectivity index (χ2v) is 7.08. The van der Waals surface area contributed by atoms with E-state index in [-0.39, 0.29) is 5.82 Å². The van der Waals surface area contributed by atoms with Crippen LogP contribution in [0.3, 0.4) is 0 Å². The van der Waals surface area contributed by atoms with E-state index in [0.29, 0.717) is 5.56 Å². The van der Waals surface area contributed by atoms with Crippen molar-refractivity contribution in [1.29, 1.82) is 0 Å². The van der Waals surface area contributed by atoms with Crippen molar-refractivity contribution in [2.45, 2.75) is 38.9 Å². The van der Waals surface area contributed by atoms with Crippen molar-refractivity contribution in [3.05, 3.63) is 71.5 Å². The van der Waals surface area contributed by atoms with Crippen LogP contribution in [0.2, 0.25) is 0 Å². The van der Waals surface area contributed by atoms with Crippen LogP contribution in [0, 0.1) is 5.82 Å². The van der Waals surface area contributed by atoms with Gasteiger partial charge >= 0.3 is 7.12 Å². The first-order valence-corrected chi connectivity index (χ1v) is 8.17. The van der Waals surface area contributed by atoms with Crippen LogP contribution in [0.25, 0.3) is 11.5 Å². The van der Waals surface area contributed by atoms with Crippen LogP contribution in [0.5, 0.6) is 0 Å². The average Bonchev–Trinajstić information content (AvgIpc) is 2.75. The second-order valence-electron chi connectivity index (χ2n) is 7.08. The highest BCUT2D eigenvalue weighted by Gasteiger charge is 2.52. The van der Waals surface area contributed by atoms with Gasteiger partial charge in [-0.15, -0.1) is 0 Å². The van der Waals surface area contributed by atoms with Crippen molar-refractivity contribution in [2.24, 2.45) is 0 Å². The van der Waals surface area contributed by atoms with Crippen LogP contribution in [-0.4, -0.2) is 18.3 Å². The number of hydrogen-bond donors (Lipinski definition) is 0. The van der Waals surface area contributed by atoms with Gasteiger partial charge in [0, 0.05) is 5.56 Å². The van der Waals surface area contributed by atoms with E-state index in [0.717, 1.165) is 11.0 Å². The third-order valence-electron chi connectivity index (χ3n) is 4.83. The van der Waals surface area contributed by atoms with Crippen molar-refractivity contribution in [2.75, 3.05) is 0 Å². The molecule has 124 valence electrons. The van der Waals surface area contributed by atoms with Gasteiger partial charge < -0.3 is 9.31 Å². The van der Waals surface area contributed by atoms with E-state index in [1.165, 1.54) is 6.07 Å². The minimum absolute atomic E-state index is 0.262. The molecule has 2 nitrogen and oxygen atoms in total. The first-order valence-electron chi connectivity index (χ1n) is 8.17. The number of hydrogen-bond acceptors (Lipinski definition) is 2. The average molecular weight is 324 g/mol. The zero-order valence-electron chi connectivity index (χ0n) is 14.5. The fourth-order valence-corrected chi connectivity index (χ4v) is 2.65. The maximum atomic E-state index is 14.1. The molecule has 0 atom stereocenters. The first-order chi connectivity index (χ1) is 11.3. The van der Waals surface area contributed by atoms with Gasteiger partial charge in [0.25, 0.3) is 0 Å². The molecule has 0 aromatic heterocycles. The number of halogens is 1. The molecule has 1 aliphatic heterocycles. The van der Waals surface area contributed by atoms with E-state index < -0.39 is 18.3 Å². The molecule has 1 aliphatic rings. The minimum Gasteiger partial charge on any atom is -0.399 e. The molecule has 0 spiro atoms. The molecule has 4 heteroatoms. The van der Waals surface area contributed by atoms with E-state index in [9.17, 15) is 4.39 Å². The third kappa shape index (κ3) is 3.17. The Balaban J connectivity index is 2.07. The third-order valence-corrected chi connectivity index (χ3v) is 4.83. The molecule has 0 radical (unpaired) electrons. The van der Waals surface area contributed by atoms with E-state index in [4.69, 9.17) is 9.31 Å². The quantitative estimate of drug-likeness (QED) is 0.584. The van der Waals surface area contributed by atoms with E-state index in [2.05, 4.69) is 0 Å². The summed E-state index contributed by atoms with van der Waals surface area (Å²) in [5, 5.41) is 0. The van der Waals surface area contributed by atoms with Crippen molar-refractivity contribution >= 4 is 18.7 Å². The second kappa shape index (κ2) is 6.19. The molecule has 0 N–H and O–H groups in total. The minimum atomic E-state index is -0.544. The summed E-state index contributed by atoms with van der Waals surface area (Å²) in [6, 6.07) is 16.5. The van der Waals surface area contributed by atoms with E-state index in [1.807, 2.05) is 70.2 Å². The standard InChI is InChI=1S/C20H22BFO2/c1-19(2)20(3,4)24-21(23-19)17(15-10-6-5-7-11-15)14-16-12-8-9-13-18(16)22/h5-14H,1-4H3. The van der Waals surface area contributed by atoms with Gasteiger partial charge in [-0.05, 0) is 44.8 Å². The van der Waals surface area contributed by atoms with Crippen molar-refractivity contribution in [1.82, 2.24) is 0 Å². The molecule has 1 heterocycles. The molecule has 2 aromatic rings. The lowest BCUT2D eigenvalue weighted by atomic mass is 9.73. The zero-order chi connectivity index (χ0) is 17.4. The molecule has 0 aliphatic carbocycles. The highest BCUT2D eigenvalue weighted by molar-refractivity contribution is 6.70. The Labute approximate surface area is 143 Å². The Morgan fingerprint density at radius 3 is 2.00 bits per heavy atom. The van der Waals surface area contributed by atoms with Crippen LogP contribution in [0.4, 0.5) is 4.39 Å². The van der Waals surface area contributed by atoms with Gasteiger partial charge in [-0.3, -0.25) is 0 Å². The Morgan fingerprint density at radius 1 is 0.875 bits per heavy atom. The topological polar surface area (TPSA) is 18.5 Å². The van der Waals surface area contributed by atoms with Crippen LogP contribution in [-0.2, 0) is 9.31 Å². The Kier molecular flexibility index (Phi) is 4.37. The van der Waals surface area contributed by atoms with Gasteiger partial charge in [0.2, 0.25) is 0 Å². The van der Waals surface area contributed by atoms with Gasteiger partial charge in [0.05, 0.1) is 11.2 Å². The van der Waals surface area contributed by atoms with Crippen LogP contribution in [0.15, 0.2) is 54.6 Å². The molecule has 0 amide bonds. The molecule has 3 rings (SSSR count). The Bertz CT molecular complexity index is 737. The summed E-state index contributed by atoms with van der Waals surface area (Å²) >= 11 is 0. The van der Waals surface area contributed by atoms with Crippen molar-refractivity contribution < 1.29 is 13.7 Å². The molecule has 1 saturated heterocycles. The van der Waals surface area contributed by atoms with Gasteiger partial charge in [-0.1, -0.05) is 54.6 Å². The normalized spacial score (nSPS) is 19.5. The summed E-state index contributed by atoms with van der Waals surface area (Å²) in [7, 11) is -0.544. The Morgan fingerprint density at radius 2 is 1.42 bits per heavy atom. The number of rotatable bonds is 3. The molecular formula is C20H22BFO2. The SMILES string of the molecule is CC1(C)OB(C(=Cc2ccccc2F)c2ccccc2)OC1(C)C. The lowest BCUT2D eigenvalue weighted by molar-refractivity contribution is 0.00578. The molecule has 24 heavy (non-hydrogen) atoms. The lowest BCUT2D eigenvalue weighted by Crippen LogP contribution is -2.41. The molecule has 0 bridgehead atoms. The summed E-state index contributed by atoms with van der Waals surface area (Å²) in [5.74, 6) is -0.262. The predicted octanol–water partition coefficient (Wildman–Crippen LogP) is 5.00. The van der Waals surface area contributed by atoms with E-state index in [1.54, 1.807) is 12.1 Å². The molecule has 0 unspecified atom stereocenters. The maximum absolute atomic E-state index is 14.1. The highest BCUT2D eigenvalue weighted by Crippen LogP contribution is 2.41. The summed E-state index contributed by atoms with van der Waals surface area (Å²) in [6.45, 7) is 8.05. The predicted molar refractivity (Wildman–Crippen MR) is 96.8 cm³/mol. The van der Waals surface area contributed by atoms with Crippen molar-refractivity contribution in [3.8, 4) is 0 Å². The first kappa shape index (κ1) is 16.9. The summed E-state index contributed by atoms with van der Waals surface area (Å²) in [6.07, 6.45) is 1.81. The van der Waals surface area contributed by atoms with Crippen LogP contribution in [0.1, 0.15) is 38.8 Å². The monoisotopic (exact) mass is 324 g/mol. The largest absolute Gasteiger partial charge is 0.495 e. The lowest BCUT2D eigenvalue weighted by Gasteiger charge is -2.32. The van der Waals surface area contributed by atoms with Crippen molar-refractivity contribution in [3.63, 3.8) is 0 Å². The smallest absolute Gasteiger partial charge is 0.399 e. The van der Waals surface area contributed by atoms with E-state index >= 15 is 0 Å². The summed E-state index contributed by atoms with van der Waals surface area (Å²) in [5.41, 5.74) is 1.41. The fourth-order valence-electron chi connectivity index (χ4n) is 2.65. The van der Waals surface area contributed by atoms with Crippen LogP contribution >= 0.6 is 0 Å². The molecular weight excluding hydrogens is 302 g/mol. The summed E-state index contributed by atoms with van der Waals surface area (Å²) in [4.78, 5) is 0. The fraction of sp³-hybridized carbons (Fsp3) is 0.300. The van der Waals surface area contributed by atoms with Gasteiger partial charge in [0.1, 0.15) is 5.82 Å². The zero-order valence-corrected chi connectivity index (χ0v) is 14.5. The van der Waals surface area contributed by atoms with Gasteiger partial charge in [0.15, 0.2) is 0 Å². The van der Waals surface area contributed by atoms with Crippen LogP contribution < -0.4 is 0 Å². The highest BCUT2D eigenvalue weighted by atomic mass is 19.1. The molecule has 0 saturated carbocycles. The van der Waals surface area contributed by atoms with Gasteiger partial charge in [-0.2, -0.15) is 0 Å².